The van der Waals surface area contributed by atoms with Crippen LogP contribution in [0.2, 0.25) is 0 Å². The van der Waals surface area contributed by atoms with Gasteiger partial charge < -0.3 is 25.4 Å². The van der Waals surface area contributed by atoms with Crippen LogP contribution in [0.4, 0.5) is 25.8 Å². The first kappa shape index (κ1) is 24.5. The predicted octanol–water partition coefficient (Wildman–Crippen LogP) is 3.43. The third kappa shape index (κ3) is 5.64. The highest BCUT2D eigenvalue weighted by Gasteiger charge is 2.35. The lowest BCUT2D eigenvalue weighted by Gasteiger charge is -2.37. The third-order valence-corrected chi connectivity index (χ3v) is 6.54. The average molecular weight is 507 g/mol. The standard InChI is InChI=1S/C27H28F2N6O2/c28-20-1-10-25(26(29)15-20)27(36,16-35-19-31-18-32-35)17-37-24-8-6-23(7-9-24)34-13-11-33(12-14-34)22-4-2-21(30)3-5-22/h1-10,15,18-19,36H,11-14,16-17,30H2. The molecule has 37 heavy (non-hydrogen) atoms. The van der Waals surface area contributed by atoms with E-state index < -0.39 is 17.2 Å². The summed E-state index contributed by atoms with van der Waals surface area (Å²) in [4.78, 5) is 8.50. The highest BCUT2D eigenvalue weighted by atomic mass is 19.1. The van der Waals surface area contributed by atoms with Crippen LogP contribution < -0.4 is 20.3 Å². The number of benzene rings is 3. The summed E-state index contributed by atoms with van der Waals surface area (Å²) in [5, 5.41) is 15.4. The first-order valence-corrected chi connectivity index (χ1v) is 12.0. The van der Waals surface area contributed by atoms with Crippen LogP contribution in [0, 0.1) is 11.6 Å². The maximum Gasteiger partial charge on any atom is 0.146 e. The molecule has 5 rings (SSSR count). The number of rotatable bonds is 8. The smallest absolute Gasteiger partial charge is 0.146 e. The highest BCUT2D eigenvalue weighted by Crippen LogP contribution is 2.29. The number of hydrogen-bond acceptors (Lipinski definition) is 7. The molecule has 3 N–H and O–H groups in total. The minimum Gasteiger partial charge on any atom is -0.490 e. The Morgan fingerprint density at radius 2 is 1.51 bits per heavy atom. The number of piperazine rings is 1. The van der Waals surface area contributed by atoms with Crippen molar-refractivity contribution < 1.29 is 18.6 Å². The molecular weight excluding hydrogens is 478 g/mol. The van der Waals surface area contributed by atoms with Gasteiger partial charge in [-0.2, -0.15) is 5.10 Å². The van der Waals surface area contributed by atoms with Crippen molar-refractivity contribution in [3.05, 3.63) is 96.6 Å². The van der Waals surface area contributed by atoms with E-state index in [9.17, 15) is 13.9 Å². The van der Waals surface area contributed by atoms with Crippen LogP contribution >= 0.6 is 0 Å². The molecule has 0 amide bonds. The summed E-state index contributed by atoms with van der Waals surface area (Å²) in [5.41, 5.74) is 6.89. The Kier molecular flexibility index (Phi) is 6.91. The van der Waals surface area contributed by atoms with Gasteiger partial charge in [-0.3, -0.25) is 0 Å². The molecule has 0 spiro atoms. The summed E-state index contributed by atoms with van der Waals surface area (Å²) in [6.07, 6.45) is 2.73. The van der Waals surface area contributed by atoms with Crippen molar-refractivity contribution in [2.24, 2.45) is 0 Å². The minimum absolute atomic E-state index is 0.0833. The van der Waals surface area contributed by atoms with Crippen molar-refractivity contribution in [1.82, 2.24) is 14.8 Å². The first-order valence-electron chi connectivity index (χ1n) is 12.0. The fraction of sp³-hybridized carbons (Fsp3) is 0.259. The van der Waals surface area contributed by atoms with Crippen LogP contribution in [0.25, 0.3) is 0 Å². The Hall–Kier alpha value is -4.18. The Morgan fingerprint density at radius 1 is 0.892 bits per heavy atom. The Morgan fingerprint density at radius 3 is 2.08 bits per heavy atom. The lowest BCUT2D eigenvalue weighted by atomic mass is 9.94. The van der Waals surface area contributed by atoms with Crippen molar-refractivity contribution in [2.75, 3.05) is 48.3 Å². The molecule has 8 nitrogen and oxygen atoms in total. The van der Waals surface area contributed by atoms with Crippen molar-refractivity contribution in [2.45, 2.75) is 12.1 Å². The molecule has 1 aromatic heterocycles. The van der Waals surface area contributed by atoms with E-state index in [0.29, 0.717) is 5.75 Å². The zero-order valence-electron chi connectivity index (χ0n) is 20.2. The zero-order chi connectivity index (χ0) is 25.8. The molecule has 2 heterocycles. The number of anilines is 3. The van der Waals surface area contributed by atoms with Gasteiger partial charge in [-0.05, 0) is 54.6 Å². The number of halogens is 2. The highest BCUT2D eigenvalue weighted by molar-refractivity contribution is 5.55. The van der Waals surface area contributed by atoms with Gasteiger partial charge in [0.15, 0.2) is 0 Å². The maximum atomic E-state index is 14.6. The van der Waals surface area contributed by atoms with E-state index in [1.165, 1.54) is 23.4 Å². The summed E-state index contributed by atoms with van der Waals surface area (Å²) >= 11 is 0. The van der Waals surface area contributed by atoms with E-state index in [-0.39, 0.29) is 18.7 Å². The molecule has 10 heteroatoms. The van der Waals surface area contributed by atoms with E-state index in [1.807, 2.05) is 48.5 Å². The maximum absolute atomic E-state index is 14.6. The second-order valence-electron chi connectivity index (χ2n) is 9.10. The lowest BCUT2D eigenvalue weighted by molar-refractivity contribution is -0.0297. The Labute approximate surface area is 213 Å². The average Bonchev–Trinajstić information content (AvgIpc) is 3.41. The number of nitrogens with zero attached hydrogens (tertiary/aromatic N) is 5. The van der Waals surface area contributed by atoms with Crippen molar-refractivity contribution in [3.8, 4) is 5.75 Å². The predicted molar refractivity (Wildman–Crippen MR) is 137 cm³/mol. The van der Waals surface area contributed by atoms with Gasteiger partial charge in [-0.1, -0.05) is 6.07 Å². The zero-order valence-corrected chi connectivity index (χ0v) is 20.2. The van der Waals surface area contributed by atoms with Crippen molar-refractivity contribution in [3.63, 3.8) is 0 Å². The van der Waals surface area contributed by atoms with Gasteiger partial charge in [0, 0.05) is 54.9 Å². The van der Waals surface area contributed by atoms with Crippen molar-refractivity contribution >= 4 is 17.1 Å². The molecule has 1 fully saturated rings. The van der Waals surface area contributed by atoms with Crippen LogP contribution in [0.15, 0.2) is 79.4 Å². The molecule has 0 radical (unpaired) electrons. The van der Waals surface area contributed by atoms with Crippen LogP contribution in [-0.4, -0.2) is 52.7 Å². The van der Waals surface area contributed by atoms with Crippen LogP contribution in [0.1, 0.15) is 5.56 Å². The molecule has 0 aliphatic carbocycles. The summed E-state index contributed by atoms with van der Waals surface area (Å²) in [6.45, 7) is 3.13. The molecule has 1 aliphatic rings. The summed E-state index contributed by atoms with van der Waals surface area (Å²) in [6, 6.07) is 18.5. The number of ether oxygens (including phenoxy) is 1. The van der Waals surface area contributed by atoms with Gasteiger partial charge in [0.1, 0.15) is 42.2 Å². The van der Waals surface area contributed by atoms with Gasteiger partial charge in [-0.25, -0.2) is 18.4 Å². The number of aliphatic hydroxyl groups is 1. The molecule has 1 unspecified atom stereocenters. The normalized spacial score (nSPS) is 15.4. The molecule has 1 aliphatic heterocycles. The van der Waals surface area contributed by atoms with Crippen LogP contribution in [0.3, 0.4) is 0 Å². The molecule has 0 bridgehead atoms. The number of hydrogen-bond donors (Lipinski definition) is 2. The summed E-state index contributed by atoms with van der Waals surface area (Å²) in [5.74, 6) is -1.07. The first-order chi connectivity index (χ1) is 17.9. The van der Waals surface area contributed by atoms with E-state index in [4.69, 9.17) is 10.5 Å². The van der Waals surface area contributed by atoms with Gasteiger partial charge >= 0.3 is 0 Å². The second kappa shape index (κ2) is 10.4. The van der Waals surface area contributed by atoms with Gasteiger partial charge in [0.2, 0.25) is 0 Å². The van der Waals surface area contributed by atoms with Crippen LogP contribution in [0.5, 0.6) is 5.75 Å². The SMILES string of the molecule is Nc1ccc(N2CCN(c3ccc(OCC(O)(Cn4cncn4)c4ccc(F)cc4F)cc3)CC2)cc1. The number of aromatic nitrogens is 3. The van der Waals surface area contributed by atoms with E-state index in [0.717, 1.165) is 55.4 Å². The topological polar surface area (TPSA) is 92.7 Å². The quantitative estimate of drug-likeness (QED) is 0.354. The van der Waals surface area contributed by atoms with Gasteiger partial charge in [-0.15, -0.1) is 0 Å². The lowest BCUT2D eigenvalue weighted by Crippen LogP contribution is -2.46. The molecule has 4 aromatic rings. The largest absolute Gasteiger partial charge is 0.490 e. The summed E-state index contributed by atoms with van der Waals surface area (Å²) < 4.78 is 35.3. The number of nitrogens with two attached hydrogens (primary N) is 1. The Bertz CT molecular complexity index is 1310. The van der Waals surface area contributed by atoms with Crippen LogP contribution in [-0.2, 0) is 12.1 Å². The number of nitrogen functional groups attached to an aromatic ring is 1. The fourth-order valence-electron chi connectivity index (χ4n) is 4.52. The molecular formula is C27H28F2N6O2. The molecule has 3 aromatic carbocycles. The van der Waals surface area contributed by atoms with E-state index in [1.54, 1.807) is 0 Å². The second-order valence-corrected chi connectivity index (χ2v) is 9.10. The minimum atomic E-state index is -1.80. The third-order valence-electron chi connectivity index (χ3n) is 6.54. The molecule has 0 saturated carbocycles. The van der Waals surface area contributed by atoms with Gasteiger partial charge in [0.05, 0.1) is 6.54 Å². The fourth-order valence-corrected chi connectivity index (χ4v) is 4.52. The molecule has 1 atom stereocenters. The van der Waals surface area contributed by atoms with Gasteiger partial charge in [0.25, 0.3) is 0 Å². The van der Waals surface area contributed by atoms with E-state index >= 15 is 0 Å². The molecule has 1 saturated heterocycles. The Balaban J connectivity index is 1.23. The van der Waals surface area contributed by atoms with E-state index in [2.05, 4.69) is 19.9 Å². The molecule has 192 valence electrons. The monoisotopic (exact) mass is 506 g/mol. The summed E-state index contributed by atoms with van der Waals surface area (Å²) in [7, 11) is 0. The van der Waals surface area contributed by atoms with Crippen molar-refractivity contribution in [1.29, 1.82) is 0 Å².